The summed E-state index contributed by atoms with van der Waals surface area (Å²) in [6.07, 6.45) is 1.65. The second kappa shape index (κ2) is 4.35. The Morgan fingerprint density at radius 1 is 1.56 bits per heavy atom. The standard InChI is InChI=1S/C12H13NO3/c1-16-10-2-3-11-9(7-10)6-8(4-5-14)12(15)13-11/h2-3,5,7-8H,4,6H2,1H3,(H,13,15). The van der Waals surface area contributed by atoms with Crippen LogP contribution < -0.4 is 10.1 Å². The summed E-state index contributed by atoms with van der Waals surface area (Å²) in [6, 6.07) is 5.52. The van der Waals surface area contributed by atoms with E-state index in [2.05, 4.69) is 5.32 Å². The Bertz CT molecular complexity index is 428. The smallest absolute Gasteiger partial charge is 0.228 e. The summed E-state index contributed by atoms with van der Waals surface area (Å²) < 4.78 is 5.12. The van der Waals surface area contributed by atoms with E-state index in [1.807, 2.05) is 12.1 Å². The number of carbonyl (C=O) groups is 2. The SMILES string of the molecule is COc1ccc2c(c1)CC(CC=O)C(=O)N2. The molecule has 1 unspecified atom stereocenters. The van der Waals surface area contributed by atoms with Crippen molar-refractivity contribution >= 4 is 17.9 Å². The number of ether oxygens (including phenoxy) is 1. The van der Waals surface area contributed by atoms with Crippen molar-refractivity contribution in [1.82, 2.24) is 0 Å². The molecule has 0 bridgehead atoms. The van der Waals surface area contributed by atoms with Gasteiger partial charge >= 0.3 is 0 Å². The Morgan fingerprint density at radius 2 is 2.38 bits per heavy atom. The van der Waals surface area contributed by atoms with Gasteiger partial charge < -0.3 is 14.8 Å². The van der Waals surface area contributed by atoms with Crippen molar-refractivity contribution in [2.45, 2.75) is 12.8 Å². The van der Waals surface area contributed by atoms with Crippen LogP contribution in [-0.2, 0) is 16.0 Å². The molecule has 1 amide bonds. The lowest BCUT2D eigenvalue weighted by atomic mass is 9.91. The van der Waals surface area contributed by atoms with E-state index in [1.165, 1.54) is 0 Å². The first kappa shape index (κ1) is 10.7. The lowest BCUT2D eigenvalue weighted by Gasteiger charge is -2.23. The summed E-state index contributed by atoms with van der Waals surface area (Å²) in [5.41, 5.74) is 1.83. The van der Waals surface area contributed by atoms with E-state index in [0.717, 1.165) is 23.3 Å². The molecule has 1 heterocycles. The Labute approximate surface area is 93.6 Å². The van der Waals surface area contributed by atoms with Gasteiger partial charge in [-0.2, -0.15) is 0 Å². The van der Waals surface area contributed by atoms with E-state index in [9.17, 15) is 9.59 Å². The molecule has 1 N–H and O–H groups in total. The van der Waals surface area contributed by atoms with Crippen LogP contribution in [0.5, 0.6) is 5.75 Å². The maximum Gasteiger partial charge on any atom is 0.228 e. The molecule has 1 aromatic rings. The molecule has 0 radical (unpaired) electrons. The van der Waals surface area contributed by atoms with Crippen LogP contribution >= 0.6 is 0 Å². The van der Waals surface area contributed by atoms with Gasteiger partial charge in [-0.3, -0.25) is 4.79 Å². The molecule has 16 heavy (non-hydrogen) atoms. The largest absolute Gasteiger partial charge is 0.497 e. The molecule has 0 saturated heterocycles. The van der Waals surface area contributed by atoms with E-state index < -0.39 is 0 Å². The fraction of sp³-hybridized carbons (Fsp3) is 0.333. The maximum atomic E-state index is 11.6. The highest BCUT2D eigenvalue weighted by Gasteiger charge is 2.25. The number of anilines is 1. The van der Waals surface area contributed by atoms with Crippen LogP contribution in [0.2, 0.25) is 0 Å². The number of rotatable bonds is 3. The number of methoxy groups -OCH3 is 1. The van der Waals surface area contributed by atoms with Gasteiger partial charge in [-0.15, -0.1) is 0 Å². The molecule has 2 rings (SSSR count). The zero-order valence-corrected chi connectivity index (χ0v) is 9.03. The van der Waals surface area contributed by atoms with E-state index in [0.29, 0.717) is 6.42 Å². The molecule has 0 saturated carbocycles. The summed E-state index contributed by atoms with van der Waals surface area (Å²) in [6.45, 7) is 0. The quantitative estimate of drug-likeness (QED) is 0.782. The summed E-state index contributed by atoms with van der Waals surface area (Å²) in [7, 11) is 1.60. The number of benzene rings is 1. The van der Waals surface area contributed by atoms with Crippen LogP contribution in [0.15, 0.2) is 18.2 Å². The van der Waals surface area contributed by atoms with Crippen LogP contribution in [0.1, 0.15) is 12.0 Å². The van der Waals surface area contributed by atoms with Gasteiger partial charge in [0.25, 0.3) is 0 Å². The van der Waals surface area contributed by atoms with Gasteiger partial charge in [-0.1, -0.05) is 0 Å². The maximum absolute atomic E-state index is 11.6. The van der Waals surface area contributed by atoms with Crippen molar-refractivity contribution in [2.24, 2.45) is 5.92 Å². The molecular formula is C12H13NO3. The zero-order valence-electron chi connectivity index (χ0n) is 9.03. The van der Waals surface area contributed by atoms with Gasteiger partial charge in [-0.05, 0) is 30.2 Å². The van der Waals surface area contributed by atoms with Crippen molar-refractivity contribution < 1.29 is 14.3 Å². The van der Waals surface area contributed by atoms with Gasteiger partial charge in [-0.25, -0.2) is 0 Å². The highest BCUT2D eigenvalue weighted by Crippen LogP contribution is 2.29. The van der Waals surface area contributed by atoms with Crippen LogP contribution in [0.4, 0.5) is 5.69 Å². The minimum absolute atomic E-state index is 0.0789. The summed E-state index contributed by atoms with van der Waals surface area (Å²) in [5, 5.41) is 2.79. The Hall–Kier alpha value is -1.84. The zero-order chi connectivity index (χ0) is 11.5. The molecule has 4 nitrogen and oxygen atoms in total. The first-order chi connectivity index (χ1) is 7.74. The third kappa shape index (κ3) is 1.91. The summed E-state index contributed by atoms with van der Waals surface area (Å²) in [4.78, 5) is 22.0. The molecule has 4 heteroatoms. The molecule has 0 spiro atoms. The molecule has 84 valence electrons. The van der Waals surface area contributed by atoms with Crippen molar-refractivity contribution in [3.8, 4) is 5.75 Å². The van der Waals surface area contributed by atoms with Crippen molar-refractivity contribution in [1.29, 1.82) is 0 Å². The number of fused-ring (bicyclic) bond motifs is 1. The predicted octanol–water partition coefficient (Wildman–Crippen LogP) is 1.39. The number of hydrogen-bond donors (Lipinski definition) is 1. The van der Waals surface area contributed by atoms with Gasteiger partial charge in [0.1, 0.15) is 12.0 Å². The molecule has 0 aliphatic carbocycles. The van der Waals surface area contributed by atoms with Crippen LogP contribution in [0, 0.1) is 5.92 Å². The first-order valence-corrected chi connectivity index (χ1v) is 5.16. The predicted molar refractivity (Wildman–Crippen MR) is 59.5 cm³/mol. The van der Waals surface area contributed by atoms with E-state index >= 15 is 0 Å². The van der Waals surface area contributed by atoms with Crippen LogP contribution in [0.3, 0.4) is 0 Å². The van der Waals surface area contributed by atoms with Gasteiger partial charge in [0.05, 0.1) is 7.11 Å². The fourth-order valence-electron chi connectivity index (χ4n) is 1.89. The van der Waals surface area contributed by atoms with Gasteiger partial charge in [0.2, 0.25) is 5.91 Å². The summed E-state index contributed by atoms with van der Waals surface area (Å²) in [5.74, 6) is 0.432. The minimum atomic E-state index is -0.253. The number of amides is 1. The van der Waals surface area contributed by atoms with Crippen molar-refractivity contribution in [3.05, 3.63) is 23.8 Å². The molecule has 0 fully saturated rings. The van der Waals surface area contributed by atoms with Gasteiger partial charge in [0.15, 0.2) is 0 Å². The Kier molecular flexibility index (Phi) is 2.90. The molecule has 0 aromatic heterocycles. The average Bonchev–Trinajstić information content (AvgIpc) is 2.30. The van der Waals surface area contributed by atoms with E-state index in [1.54, 1.807) is 13.2 Å². The number of aldehydes is 1. The topological polar surface area (TPSA) is 55.4 Å². The molecule has 1 aliphatic rings. The number of hydrogen-bond acceptors (Lipinski definition) is 3. The second-order valence-corrected chi connectivity index (χ2v) is 3.82. The molecule has 1 aromatic carbocycles. The fourth-order valence-corrected chi connectivity index (χ4v) is 1.89. The highest BCUT2D eigenvalue weighted by atomic mass is 16.5. The normalized spacial score (nSPS) is 18.6. The third-order valence-corrected chi connectivity index (χ3v) is 2.79. The van der Waals surface area contributed by atoms with E-state index in [4.69, 9.17) is 4.74 Å². The average molecular weight is 219 g/mol. The number of carbonyl (C=O) groups excluding carboxylic acids is 2. The van der Waals surface area contributed by atoms with Crippen molar-refractivity contribution in [2.75, 3.05) is 12.4 Å². The highest BCUT2D eigenvalue weighted by molar-refractivity contribution is 5.96. The van der Waals surface area contributed by atoms with Gasteiger partial charge in [0, 0.05) is 18.0 Å². The summed E-state index contributed by atoms with van der Waals surface area (Å²) >= 11 is 0. The lowest BCUT2D eigenvalue weighted by molar-refractivity contribution is -0.122. The van der Waals surface area contributed by atoms with Crippen LogP contribution in [0.25, 0.3) is 0 Å². The number of nitrogens with one attached hydrogen (secondary N) is 1. The molecule has 1 atom stereocenters. The van der Waals surface area contributed by atoms with Crippen LogP contribution in [-0.4, -0.2) is 19.3 Å². The van der Waals surface area contributed by atoms with E-state index in [-0.39, 0.29) is 18.2 Å². The Balaban J connectivity index is 2.28. The molecule has 1 aliphatic heterocycles. The minimum Gasteiger partial charge on any atom is -0.497 e. The molecular weight excluding hydrogens is 206 g/mol. The Morgan fingerprint density at radius 3 is 3.06 bits per heavy atom. The first-order valence-electron chi connectivity index (χ1n) is 5.16. The third-order valence-electron chi connectivity index (χ3n) is 2.79. The lowest BCUT2D eigenvalue weighted by Crippen LogP contribution is -2.30. The monoisotopic (exact) mass is 219 g/mol. The second-order valence-electron chi connectivity index (χ2n) is 3.82. The van der Waals surface area contributed by atoms with Crippen molar-refractivity contribution in [3.63, 3.8) is 0 Å².